The fourth-order valence-electron chi connectivity index (χ4n) is 0.974. The largest absolute Gasteiger partial charge is 0.501 e. The van der Waals surface area contributed by atoms with Gasteiger partial charge >= 0.3 is 5.69 Å². The van der Waals surface area contributed by atoms with Gasteiger partial charge in [-0.1, -0.05) is 0 Å². The Morgan fingerprint density at radius 2 is 2.13 bits per heavy atom. The van der Waals surface area contributed by atoms with Crippen LogP contribution in [0.4, 0.5) is 5.69 Å². The molecule has 0 bridgehead atoms. The Bertz CT molecular complexity index is 416. The first-order chi connectivity index (χ1) is 6.95. The van der Waals surface area contributed by atoms with Crippen LogP contribution >= 0.6 is 0 Å². The summed E-state index contributed by atoms with van der Waals surface area (Å²) in [7, 11) is 2.95. The first kappa shape index (κ1) is 10.9. The van der Waals surface area contributed by atoms with Crippen molar-refractivity contribution in [2.45, 2.75) is 0 Å². The maximum absolute atomic E-state index is 11.4. The van der Waals surface area contributed by atoms with E-state index < -0.39 is 22.3 Å². The molecule has 0 aliphatic heterocycles. The van der Waals surface area contributed by atoms with Crippen LogP contribution in [0.15, 0.2) is 12.4 Å². The Hall–Kier alpha value is -2.18. The smallest absolute Gasteiger partial charge is 0.329 e. The summed E-state index contributed by atoms with van der Waals surface area (Å²) in [5, 5.41) is 19.9. The van der Waals surface area contributed by atoms with E-state index in [1.165, 1.54) is 19.0 Å². The van der Waals surface area contributed by atoms with Gasteiger partial charge in [0.05, 0.1) is 4.92 Å². The lowest BCUT2D eigenvalue weighted by molar-refractivity contribution is -0.386. The third-order valence-electron chi connectivity index (χ3n) is 1.73. The SMILES string of the molecule is CN(C)C(=O)c1cncc([N+](=O)[O-])c1O. The molecular weight excluding hydrogens is 202 g/mol. The van der Waals surface area contributed by atoms with E-state index in [9.17, 15) is 20.0 Å². The Morgan fingerprint density at radius 1 is 1.53 bits per heavy atom. The van der Waals surface area contributed by atoms with Crippen LogP contribution in [-0.4, -0.2) is 39.9 Å². The number of nitrogens with zero attached hydrogens (tertiary/aromatic N) is 3. The predicted molar refractivity (Wildman–Crippen MR) is 50.6 cm³/mol. The van der Waals surface area contributed by atoms with E-state index in [0.717, 1.165) is 12.4 Å². The number of pyridine rings is 1. The standard InChI is InChI=1S/C8H9N3O4/c1-10(2)8(13)5-3-9-4-6(7(5)12)11(14)15/h3-4H,1-2H3,(H,9,12). The van der Waals surface area contributed by atoms with E-state index in [2.05, 4.69) is 4.98 Å². The summed E-state index contributed by atoms with van der Waals surface area (Å²) in [5.74, 6) is -1.20. The van der Waals surface area contributed by atoms with E-state index >= 15 is 0 Å². The van der Waals surface area contributed by atoms with Gasteiger partial charge in [0, 0.05) is 20.3 Å². The number of aromatic hydroxyl groups is 1. The highest BCUT2D eigenvalue weighted by Gasteiger charge is 2.22. The van der Waals surface area contributed by atoms with Gasteiger partial charge in [-0.15, -0.1) is 0 Å². The van der Waals surface area contributed by atoms with Crippen LogP contribution < -0.4 is 0 Å². The van der Waals surface area contributed by atoms with Gasteiger partial charge < -0.3 is 10.0 Å². The second kappa shape index (κ2) is 3.91. The Labute approximate surface area is 85.1 Å². The Balaban J connectivity index is 3.27. The number of hydrogen-bond donors (Lipinski definition) is 1. The zero-order valence-corrected chi connectivity index (χ0v) is 8.17. The lowest BCUT2D eigenvalue weighted by atomic mass is 10.2. The minimum atomic E-state index is -0.797. The molecule has 7 heteroatoms. The summed E-state index contributed by atoms with van der Waals surface area (Å²) in [6.07, 6.45) is 1.98. The summed E-state index contributed by atoms with van der Waals surface area (Å²) < 4.78 is 0. The van der Waals surface area contributed by atoms with Crippen LogP contribution in [0.1, 0.15) is 10.4 Å². The van der Waals surface area contributed by atoms with Crippen LogP contribution in [0, 0.1) is 10.1 Å². The van der Waals surface area contributed by atoms with E-state index in [-0.39, 0.29) is 5.56 Å². The van der Waals surface area contributed by atoms with Gasteiger partial charge in [0.2, 0.25) is 5.75 Å². The number of nitro groups is 1. The Kier molecular flexibility index (Phi) is 2.84. The van der Waals surface area contributed by atoms with Crippen molar-refractivity contribution < 1.29 is 14.8 Å². The highest BCUT2D eigenvalue weighted by molar-refractivity contribution is 5.97. The van der Waals surface area contributed by atoms with Crippen molar-refractivity contribution in [2.24, 2.45) is 0 Å². The molecule has 80 valence electrons. The number of carbonyl (C=O) groups excluding carboxylic acids is 1. The highest BCUT2D eigenvalue weighted by atomic mass is 16.6. The zero-order chi connectivity index (χ0) is 11.6. The van der Waals surface area contributed by atoms with Crippen LogP contribution in [0.3, 0.4) is 0 Å². The quantitative estimate of drug-likeness (QED) is 0.564. The fraction of sp³-hybridized carbons (Fsp3) is 0.250. The molecule has 1 aromatic rings. The van der Waals surface area contributed by atoms with Crippen molar-refractivity contribution in [1.29, 1.82) is 0 Å². The van der Waals surface area contributed by atoms with Gasteiger partial charge in [0.15, 0.2) is 0 Å². The van der Waals surface area contributed by atoms with Crippen LogP contribution in [0.5, 0.6) is 5.75 Å². The third kappa shape index (κ3) is 2.01. The van der Waals surface area contributed by atoms with E-state index in [0.29, 0.717) is 0 Å². The van der Waals surface area contributed by atoms with Gasteiger partial charge in [-0.25, -0.2) is 0 Å². The zero-order valence-electron chi connectivity index (χ0n) is 8.17. The molecule has 0 atom stereocenters. The van der Waals surface area contributed by atoms with Crippen LogP contribution in [0.2, 0.25) is 0 Å². The van der Waals surface area contributed by atoms with Gasteiger partial charge in [-0.3, -0.25) is 19.9 Å². The molecule has 15 heavy (non-hydrogen) atoms. The minimum absolute atomic E-state index is 0.186. The molecule has 0 aliphatic rings. The van der Waals surface area contributed by atoms with Gasteiger partial charge in [0.1, 0.15) is 11.8 Å². The van der Waals surface area contributed by atoms with E-state index in [1.54, 1.807) is 0 Å². The second-order valence-electron chi connectivity index (χ2n) is 3.01. The highest BCUT2D eigenvalue weighted by Crippen LogP contribution is 2.28. The summed E-state index contributed by atoms with van der Waals surface area (Å²) in [4.78, 5) is 25.8. The van der Waals surface area contributed by atoms with Crippen LogP contribution in [-0.2, 0) is 0 Å². The van der Waals surface area contributed by atoms with Gasteiger partial charge in [-0.05, 0) is 0 Å². The summed E-state index contributed by atoms with van der Waals surface area (Å²) >= 11 is 0. The molecule has 1 rings (SSSR count). The molecule has 0 aromatic carbocycles. The lowest BCUT2D eigenvalue weighted by Crippen LogP contribution is -2.22. The number of carbonyl (C=O) groups is 1. The first-order valence-corrected chi connectivity index (χ1v) is 3.98. The molecule has 1 amide bonds. The molecule has 0 unspecified atom stereocenters. The molecule has 7 nitrogen and oxygen atoms in total. The maximum Gasteiger partial charge on any atom is 0.329 e. The third-order valence-corrected chi connectivity index (χ3v) is 1.73. The summed E-state index contributed by atoms with van der Waals surface area (Å²) in [6.45, 7) is 0. The molecule has 1 aromatic heterocycles. The molecule has 0 saturated carbocycles. The number of amides is 1. The van der Waals surface area contributed by atoms with Crippen molar-refractivity contribution in [3.63, 3.8) is 0 Å². The second-order valence-corrected chi connectivity index (χ2v) is 3.01. The first-order valence-electron chi connectivity index (χ1n) is 3.98. The van der Waals surface area contributed by atoms with Crippen molar-refractivity contribution in [3.05, 3.63) is 28.1 Å². The molecule has 0 aliphatic carbocycles. The fourth-order valence-corrected chi connectivity index (χ4v) is 0.974. The molecule has 1 N–H and O–H groups in total. The Morgan fingerprint density at radius 3 is 2.60 bits per heavy atom. The minimum Gasteiger partial charge on any atom is -0.501 e. The molecule has 0 spiro atoms. The number of rotatable bonds is 2. The average molecular weight is 211 g/mol. The summed E-state index contributed by atoms with van der Waals surface area (Å²) in [5.41, 5.74) is -0.767. The monoisotopic (exact) mass is 211 g/mol. The van der Waals surface area contributed by atoms with Crippen molar-refractivity contribution >= 4 is 11.6 Å². The van der Waals surface area contributed by atoms with Crippen molar-refractivity contribution in [1.82, 2.24) is 9.88 Å². The number of aromatic nitrogens is 1. The molecule has 0 saturated heterocycles. The van der Waals surface area contributed by atoms with Crippen molar-refractivity contribution in [2.75, 3.05) is 14.1 Å². The molecule has 0 radical (unpaired) electrons. The van der Waals surface area contributed by atoms with Gasteiger partial charge in [0.25, 0.3) is 5.91 Å². The lowest BCUT2D eigenvalue weighted by Gasteiger charge is -2.10. The topological polar surface area (TPSA) is 96.6 Å². The van der Waals surface area contributed by atoms with Gasteiger partial charge in [-0.2, -0.15) is 0 Å². The molecule has 1 heterocycles. The van der Waals surface area contributed by atoms with Crippen molar-refractivity contribution in [3.8, 4) is 5.75 Å². The normalized spacial score (nSPS) is 9.73. The molecule has 0 fully saturated rings. The maximum atomic E-state index is 11.4. The van der Waals surface area contributed by atoms with E-state index in [1.807, 2.05) is 0 Å². The molecular formula is C8H9N3O4. The number of hydrogen-bond acceptors (Lipinski definition) is 5. The summed E-state index contributed by atoms with van der Waals surface area (Å²) in [6, 6.07) is 0. The van der Waals surface area contributed by atoms with E-state index in [4.69, 9.17) is 0 Å². The predicted octanol–water partition coefficient (Wildman–Crippen LogP) is 0.397. The van der Waals surface area contributed by atoms with Crippen LogP contribution in [0.25, 0.3) is 0 Å². The average Bonchev–Trinajstić information content (AvgIpc) is 2.16.